The summed E-state index contributed by atoms with van der Waals surface area (Å²) >= 11 is 6.09. The first-order valence-electron chi connectivity index (χ1n) is 8.77. The minimum atomic E-state index is -3.29. The molecule has 5 rings (SSSR count). The Morgan fingerprint density at radius 3 is 2.72 bits per heavy atom. The second kappa shape index (κ2) is 6.47. The molecule has 146 valence electrons. The Morgan fingerprint density at radius 2 is 1.93 bits per heavy atom. The summed E-state index contributed by atoms with van der Waals surface area (Å²) in [5.41, 5.74) is 2.11. The Labute approximate surface area is 170 Å². The highest BCUT2D eigenvalue weighted by atomic mass is 35.5. The lowest BCUT2D eigenvalue weighted by molar-refractivity contribution is 0.0998. The lowest BCUT2D eigenvalue weighted by Gasteiger charge is -2.10. The molecule has 1 N–H and O–H groups in total. The molecule has 1 aliphatic heterocycles. The monoisotopic (exact) mass is 427 g/mol. The van der Waals surface area contributed by atoms with Crippen LogP contribution in [0.3, 0.4) is 0 Å². The average Bonchev–Trinajstić information content (AvgIpc) is 3.32. The van der Waals surface area contributed by atoms with E-state index in [9.17, 15) is 13.2 Å². The highest BCUT2D eigenvalue weighted by Crippen LogP contribution is 2.34. The van der Waals surface area contributed by atoms with Gasteiger partial charge < -0.3 is 9.73 Å². The number of halogens is 1. The van der Waals surface area contributed by atoms with Crippen LogP contribution in [0.1, 0.15) is 21.8 Å². The van der Waals surface area contributed by atoms with Crippen molar-refractivity contribution in [3.05, 3.63) is 76.6 Å². The van der Waals surface area contributed by atoms with Gasteiger partial charge in [0.1, 0.15) is 11.4 Å². The van der Waals surface area contributed by atoms with E-state index in [0.717, 1.165) is 5.39 Å². The summed E-state index contributed by atoms with van der Waals surface area (Å²) in [4.78, 5) is 12.9. The fourth-order valence-corrected chi connectivity index (χ4v) is 5.11. The molecule has 1 amide bonds. The Bertz CT molecular complexity index is 1350. The van der Waals surface area contributed by atoms with Gasteiger partial charge in [-0.05, 0) is 30.3 Å². The van der Waals surface area contributed by atoms with Crippen molar-refractivity contribution < 1.29 is 17.6 Å². The highest BCUT2D eigenvalue weighted by Gasteiger charge is 2.33. The third-order valence-corrected chi connectivity index (χ3v) is 6.40. The maximum Gasteiger partial charge on any atom is 0.292 e. The van der Waals surface area contributed by atoms with Gasteiger partial charge in [0, 0.05) is 16.0 Å². The van der Waals surface area contributed by atoms with E-state index in [1.807, 2.05) is 18.2 Å². The Morgan fingerprint density at radius 1 is 1.10 bits per heavy atom. The smallest absolute Gasteiger partial charge is 0.292 e. The van der Waals surface area contributed by atoms with Crippen LogP contribution in [-0.2, 0) is 21.3 Å². The molecular weight excluding hydrogens is 414 g/mol. The quantitative estimate of drug-likeness (QED) is 0.534. The molecule has 0 bridgehead atoms. The van der Waals surface area contributed by atoms with Crippen molar-refractivity contribution in [3.63, 3.8) is 0 Å². The van der Waals surface area contributed by atoms with E-state index in [1.54, 1.807) is 36.4 Å². The van der Waals surface area contributed by atoms with Crippen molar-refractivity contribution in [2.24, 2.45) is 0 Å². The third-order valence-electron chi connectivity index (χ3n) is 4.72. The molecule has 9 heteroatoms. The summed E-state index contributed by atoms with van der Waals surface area (Å²) < 4.78 is 31.3. The summed E-state index contributed by atoms with van der Waals surface area (Å²) in [6, 6.07) is 15.9. The van der Waals surface area contributed by atoms with E-state index in [0.29, 0.717) is 33.4 Å². The number of para-hydroxylation sites is 1. The second-order valence-corrected chi connectivity index (χ2v) is 9.30. The van der Waals surface area contributed by atoms with Crippen LogP contribution >= 0.6 is 11.6 Å². The predicted octanol–water partition coefficient (Wildman–Crippen LogP) is 3.95. The number of carbonyl (C=O) groups excluding carboxylic acids is 1. The number of nitrogens with one attached hydrogen (secondary N) is 1. The number of hydrogen-bond acceptors (Lipinski definition) is 5. The van der Waals surface area contributed by atoms with Crippen LogP contribution in [0, 0.1) is 0 Å². The number of rotatable bonds is 3. The van der Waals surface area contributed by atoms with Gasteiger partial charge in [0.2, 0.25) is 0 Å². The van der Waals surface area contributed by atoms with Gasteiger partial charge in [-0.1, -0.05) is 35.9 Å². The number of sulfone groups is 1. The maximum atomic E-state index is 12.9. The zero-order valence-electron chi connectivity index (χ0n) is 14.9. The molecule has 4 aromatic rings. The molecule has 0 radical (unpaired) electrons. The lowest BCUT2D eigenvalue weighted by Crippen LogP contribution is -2.16. The first-order valence-corrected chi connectivity index (χ1v) is 11.0. The van der Waals surface area contributed by atoms with Crippen LogP contribution in [0.2, 0.25) is 5.02 Å². The van der Waals surface area contributed by atoms with Crippen molar-refractivity contribution in [1.82, 2.24) is 9.78 Å². The van der Waals surface area contributed by atoms with Gasteiger partial charge in [-0.15, -0.1) is 0 Å². The SMILES string of the molecule is O=C(Nc1c2c(nn1-c1cccc(Cl)c1)CS(=O)(=O)C2)c1cc2ccccc2o1. The Balaban J connectivity index is 1.58. The number of aromatic nitrogens is 2. The van der Waals surface area contributed by atoms with E-state index in [4.69, 9.17) is 16.0 Å². The first kappa shape index (κ1) is 18.0. The zero-order chi connectivity index (χ0) is 20.2. The van der Waals surface area contributed by atoms with Gasteiger partial charge in [-0.25, -0.2) is 13.1 Å². The van der Waals surface area contributed by atoms with Crippen LogP contribution in [-0.4, -0.2) is 24.1 Å². The topological polar surface area (TPSA) is 94.2 Å². The molecule has 7 nitrogen and oxygen atoms in total. The number of amides is 1. The molecule has 0 saturated heterocycles. The van der Waals surface area contributed by atoms with E-state index in [-0.39, 0.29) is 17.3 Å². The van der Waals surface area contributed by atoms with Crippen molar-refractivity contribution >= 4 is 44.1 Å². The normalized spacial score (nSPS) is 14.8. The molecule has 2 aromatic carbocycles. The second-order valence-electron chi connectivity index (χ2n) is 6.80. The summed E-state index contributed by atoms with van der Waals surface area (Å²) in [6.45, 7) is 0. The standard InChI is InChI=1S/C20H14ClN3O4S/c21-13-5-3-6-14(9-13)24-19(15-10-29(26,27)11-16(15)23-24)22-20(25)18-8-12-4-1-2-7-17(12)28-18/h1-9H,10-11H2,(H,22,25). The van der Waals surface area contributed by atoms with Gasteiger partial charge in [0.05, 0.1) is 22.9 Å². The third kappa shape index (κ3) is 3.20. The summed E-state index contributed by atoms with van der Waals surface area (Å²) in [5.74, 6) is -0.410. The molecule has 2 aromatic heterocycles. The number of nitrogens with zero attached hydrogens (tertiary/aromatic N) is 2. The Kier molecular flexibility index (Phi) is 4.01. The van der Waals surface area contributed by atoms with E-state index in [1.165, 1.54) is 4.68 Å². The minimum absolute atomic E-state index is 0.125. The number of fused-ring (bicyclic) bond motifs is 2. The van der Waals surface area contributed by atoms with Gasteiger partial charge in [0.25, 0.3) is 5.91 Å². The van der Waals surface area contributed by atoms with Gasteiger partial charge in [0.15, 0.2) is 15.6 Å². The molecule has 29 heavy (non-hydrogen) atoms. The summed E-state index contributed by atoms with van der Waals surface area (Å²) in [7, 11) is -3.29. The first-order chi connectivity index (χ1) is 13.9. The Hall–Kier alpha value is -3.10. The number of carbonyl (C=O) groups is 1. The lowest BCUT2D eigenvalue weighted by atomic mass is 10.2. The molecule has 0 fully saturated rings. The fraction of sp³-hybridized carbons (Fsp3) is 0.100. The molecule has 0 unspecified atom stereocenters. The number of benzene rings is 2. The molecule has 0 aliphatic carbocycles. The predicted molar refractivity (Wildman–Crippen MR) is 109 cm³/mol. The molecule has 3 heterocycles. The average molecular weight is 428 g/mol. The van der Waals surface area contributed by atoms with Gasteiger partial charge in [-0.3, -0.25) is 4.79 Å². The van der Waals surface area contributed by atoms with Crippen LogP contribution in [0.15, 0.2) is 59.0 Å². The van der Waals surface area contributed by atoms with Gasteiger partial charge in [-0.2, -0.15) is 5.10 Å². The highest BCUT2D eigenvalue weighted by molar-refractivity contribution is 7.90. The minimum Gasteiger partial charge on any atom is -0.451 e. The number of hydrogen-bond donors (Lipinski definition) is 1. The molecule has 0 spiro atoms. The number of anilines is 1. The summed E-state index contributed by atoms with van der Waals surface area (Å²) in [5, 5.41) is 8.50. The zero-order valence-corrected chi connectivity index (χ0v) is 16.5. The molecule has 0 atom stereocenters. The van der Waals surface area contributed by atoms with Crippen LogP contribution < -0.4 is 5.32 Å². The van der Waals surface area contributed by atoms with Crippen molar-refractivity contribution in [2.45, 2.75) is 11.5 Å². The van der Waals surface area contributed by atoms with Crippen LogP contribution in [0.5, 0.6) is 0 Å². The van der Waals surface area contributed by atoms with Crippen molar-refractivity contribution in [2.75, 3.05) is 5.32 Å². The fourth-order valence-electron chi connectivity index (χ4n) is 3.43. The van der Waals surface area contributed by atoms with E-state index in [2.05, 4.69) is 10.4 Å². The maximum absolute atomic E-state index is 12.9. The van der Waals surface area contributed by atoms with Crippen LogP contribution in [0.4, 0.5) is 5.82 Å². The van der Waals surface area contributed by atoms with E-state index >= 15 is 0 Å². The van der Waals surface area contributed by atoms with Crippen molar-refractivity contribution in [1.29, 1.82) is 0 Å². The largest absolute Gasteiger partial charge is 0.451 e. The molecule has 1 aliphatic rings. The summed E-state index contributed by atoms with van der Waals surface area (Å²) in [6.07, 6.45) is 0. The molecular formula is C20H14ClN3O4S. The van der Waals surface area contributed by atoms with Crippen molar-refractivity contribution in [3.8, 4) is 5.69 Å². The number of furan rings is 1. The van der Waals surface area contributed by atoms with Gasteiger partial charge >= 0.3 is 0 Å². The van der Waals surface area contributed by atoms with E-state index < -0.39 is 15.7 Å². The van der Waals surface area contributed by atoms with Crippen LogP contribution in [0.25, 0.3) is 16.7 Å². The molecule has 0 saturated carbocycles.